The first-order valence-corrected chi connectivity index (χ1v) is 9.89. The number of nitro benzene ring substituents is 1. The van der Waals surface area contributed by atoms with Gasteiger partial charge in [-0.15, -0.1) is 0 Å². The minimum atomic E-state index is -1.15. The van der Waals surface area contributed by atoms with E-state index < -0.39 is 46.8 Å². The van der Waals surface area contributed by atoms with Crippen molar-refractivity contribution in [3.8, 4) is 0 Å². The molecule has 2 aromatic rings. The van der Waals surface area contributed by atoms with Crippen LogP contribution in [0.3, 0.4) is 0 Å². The molecule has 1 aliphatic rings. The van der Waals surface area contributed by atoms with Crippen LogP contribution in [-0.2, 0) is 14.9 Å². The molecule has 1 atom stereocenters. The van der Waals surface area contributed by atoms with Gasteiger partial charge in [-0.1, -0.05) is 51.1 Å². The van der Waals surface area contributed by atoms with Crippen LogP contribution in [0, 0.1) is 10.1 Å². The molecule has 32 heavy (non-hydrogen) atoms. The number of ether oxygens (including phenoxy) is 1. The number of Topliss-reactive ketones (excluding diaryl/α,β-unsaturated/α-hetero) is 1. The molecule has 2 aromatic carbocycles. The Morgan fingerprint density at radius 2 is 1.69 bits per heavy atom. The first-order valence-electron chi connectivity index (χ1n) is 9.89. The minimum absolute atomic E-state index is 0.0822. The van der Waals surface area contributed by atoms with Crippen LogP contribution in [-0.4, -0.2) is 46.0 Å². The van der Waals surface area contributed by atoms with E-state index in [-0.39, 0.29) is 16.5 Å². The minimum Gasteiger partial charge on any atom is -0.453 e. The Hall–Kier alpha value is -3.88. The second kappa shape index (κ2) is 8.33. The van der Waals surface area contributed by atoms with Crippen molar-refractivity contribution in [1.29, 1.82) is 0 Å². The number of imide groups is 1. The smallest absolute Gasteiger partial charge is 0.326 e. The maximum absolute atomic E-state index is 12.6. The second-order valence-corrected chi connectivity index (χ2v) is 8.48. The molecule has 1 aliphatic heterocycles. The van der Waals surface area contributed by atoms with Crippen LogP contribution in [0.4, 0.5) is 5.69 Å². The molecule has 0 saturated carbocycles. The first-order chi connectivity index (χ1) is 14.9. The van der Waals surface area contributed by atoms with Crippen LogP contribution in [0.5, 0.6) is 0 Å². The molecule has 0 spiro atoms. The van der Waals surface area contributed by atoms with E-state index in [1.807, 2.05) is 32.9 Å². The summed E-state index contributed by atoms with van der Waals surface area (Å²) in [4.78, 5) is 60.9. The molecular formula is C23H22N2O7. The lowest BCUT2D eigenvalue weighted by molar-refractivity contribution is -0.385. The summed E-state index contributed by atoms with van der Waals surface area (Å²) in [5.41, 5.74) is 0.284. The topological polar surface area (TPSA) is 124 Å². The number of nitro groups is 1. The molecule has 9 nitrogen and oxygen atoms in total. The second-order valence-electron chi connectivity index (χ2n) is 8.48. The zero-order chi connectivity index (χ0) is 23.8. The molecule has 0 fully saturated rings. The highest BCUT2D eigenvalue weighted by atomic mass is 16.6. The predicted octanol–water partition coefficient (Wildman–Crippen LogP) is 3.30. The van der Waals surface area contributed by atoms with Gasteiger partial charge in [0.15, 0.2) is 6.10 Å². The van der Waals surface area contributed by atoms with E-state index in [4.69, 9.17) is 4.74 Å². The molecule has 3 rings (SSSR count). The molecule has 0 saturated heterocycles. The summed E-state index contributed by atoms with van der Waals surface area (Å²) < 4.78 is 5.13. The number of amides is 2. The average Bonchev–Trinajstić information content (AvgIpc) is 2.97. The number of rotatable bonds is 6. The van der Waals surface area contributed by atoms with Crippen LogP contribution >= 0.6 is 0 Å². The summed E-state index contributed by atoms with van der Waals surface area (Å²) in [6.45, 7) is 6.77. The van der Waals surface area contributed by atoms with Gasteiger partial charge >= 0.3 is 5.97 Å². The molecule has 9 heteroatoms. The third-order valence-corrected chi connectivity index (χ3v) is 5.17. The van der Waals surface area contributed by atoms with E-state index in [2.05, 4.69) is 0 Å². The van der Waals surface area contributed by atoms with Crippen molar-refractivity contribution >= 4 is 29.3 Å². The van der Waals surface area contributed by atoms with E-state index in [0.717, 1.165) is 11.6 Å². The average molecular weight is 438 g/mol. The Labute approximate surface area is 184 Å². The fraction of sp³-hybridized carbons (Fsp3) is 0.304. The van der Waals surface area contributed by atoms with Crippen LogP contribution in [0.2, 0.25) is 0 Å². The summed E-state index contributed by atoms with van der Waals surface area (Å²) in [5.74, 6) is -3.19. The Kier molecular flexibility index (Phi) is 5.94. The number of esters is 1. The Morgan fingerprint density at radius 3 is 2.25 bits per heavy atom. The lowest BCUT2D eigenvalue weighted by Gasteiger charge is -2.19. The SMILES string of the molecule is CC(OC(=O)CN1C(=O)c2cccc([N+](=O)[O-])c2C1=O)C(=O)c1ccc(C(C)(C)C)cc1. The summed E-state index contributed by atoms with van der Waals surface area (Å²) in [5, 5.41) is 11.2. The van der Waals surface area contributed by atoms with E-state index in [1.165, 1.54) is 19.1 Å². The molecular weight excluding hydrogens is 416 g/mol. The summed E-state index contributed by atoms with van der Waals surface area (Å²) >= 11 is 0. The van der Waals surface area contributed by atoms with Crippen molar-refractivity contribution in [1.82, 2.24) is 4.90 Å². The molecule has 0 radical (unpaired) electrons. The Balaban J connectivity index is 1.68. The van der Waals surface area contributed by atoms with Crippen LogP contribution in [0.15, 0.2) is 42.5 Å². The highest BCUT2D eigenvalue weighted by Gasteiger charge is 2.42. The van der Waals surface area contributed by atoms with Crippen LogP contribution in [0.1, 0.15) is 64.3 Å². The quantitative estimate of drug-likeness (QED) is 0.223. The third-order valence-electron chi connectivity index (χ3n) is 5.17. The van der Waals surface area contributed by atoms with Crippen molar-refractivity contribution in [2.45, 2.75) is 39.2 Å². The van der Waals surface area contributed by atoms with E-state index >= 15 is 0 Å². The van der Waals surface area contributed by atoms with Crippen molar-refractivity contribution < 1.29 is 28.8 Å². The van der Waals surface area contributed by atoms with E-state index in [9.17, 15) is 29.3 Å². The van der Waals surface area contributed by atoms with Crippen molar-refractivity contribution in [3.63, 3.8) is 0 Å². The highest BCUT2D eigenvalue weighted by molar-refractivity contribution is 6.24. The van der Waals surface area contributed by atoms with Gasteiger partial charge in [-0.3, -0.25) is 34.2 Å². The van der Waals surface area contributed by atoms with Gasteiger partial charge in [0.25, 0.3) is 17.5 Å². The number of benzene rings is 2. The van der Waals surface area contributed by atoms with Crippen LogP contribution in [0.25, 0.3) is 0 Å². The number of hydrogen-bond acceptors (Lipinski definition) is 7. The van der Waals surface area contributed by atoms with Gasteiger partial charge in [0.05, 0.1) is 10.5 Å². The molecule has 0 bridgehead atoms. The maximum atomic E-state index is 12.6. The summed E-state index contributed by atoms with van der Waals surface area (Å²) in [6.07, 6.45) is -1.15. The number of carbonyl (C=O) groups excluding carboxylic acids is 4. The van der Waals surface area contributed by atoms with Crippen molar-refractivity contribution in [3.05, 3.63) is 74.8 Å². The molecule has 0 N–H and O–H groups in total. The lowest BCUT2D eigenvalue weighted by atomic mass is 9.86. The third kappa shape index (κ3) is 4.27. The van der Waals surface area contributed by atoms with Crippen molar-refractivity contribution in [2.75, 3.05) is 6.54 Å². The number of carbonyl (C=O) groups is 4. The van der Waals surface area contributed by atoms with Gasteiger partial charge in [-0.05, 0) is 24.0 Å². The molecule has 166 valence electrons. The largest absolute Gasteiger partial charge is 0.453 e. The fourth-order valence-corrected chi connectivity index (χ4v) is 3.40. The number of nitrogens with zero attached hydrogens (tertiary/aromatic N) is 2. The van der Waals surface area contributed by atoms with Gasteiger partial charge < -0.3 is 4.74 Å². The molecule has 2 amide bonds. The number of hydrogen-bond donors (Lipinski definition) is 0. The molecule has 1 unspecified atom stereocenters. The Bertz CT molecular complexity index is 1130. The standard InChI is InChI=1S/C23H22N2O7/c1-13(20(27)14-8-10-15(11-9-14)23(2,3)4)32-18(26)12-24-21(28)16-6-5-7-17(25(30)31)19(16)22(24)29/h5-11,13H,12H2,1-4H3. The van der Waals surface area contributed by atoms with Gasteiger partial charge in [-0.25, -0.2) is 0 Å². The molecule has 0 aromatic heterocycles. The monoisotopic (exact) mass is 438 g/mol. The van der Waals surface area contributed by atoms with Gasteiger partial charge in [0.1, 0.15) is 12.1 Å². The zero-order valence-corrected chi connectivity index (χ0v) is 18.1. The first kappa shape index (κ1) is 22.8. The fourth-order valence-electron chi connectivity index (χ4n) is 3.40. The highest BCUT2D eigenvalue weighted by Crippen LogP contribution is 2.30. The van der Waals surface area contributed by atoms with Crippen molar-refractivity contribution in [2.24, 2.45) is 0 Å². The Morgan fingerprint density at radius 1 is 1.06 bits per heavy atom. The number of ketones is 1. The maximum Gasteiger partial charge on any atom is 0.326 e. The van der Waals surface area contributed by atoms with Gasteiger partial charge in [-0.2, -0.15) is 0 Å². The zero-order valence-electron chi connectivity index (χ0n) is 18.1. The predicted molar refractivity (Wildman–Crippen MR) is 113 cm³/mol. The molecule has 0 aliphatic carbocycles. The summed E-state index contributed by atoms with van der Waals surface area (Å²) in [7, 11) is 0. The summed E-state index contributed by atoms with van der Waals surface area (Å²) in [6, 6.07) is 10.6. The van der Waals surface area contributed by atoms with Gasteiger partial charge in [0.2, 0.25) is 5.78 Å². The molecule has 1 heterocycles. The lowest BCUT2D eigenvalue weighted by Crippen LogP contribution is -2.37. The van der Waals surface area contributed by atoms with E-state index in [1.54, 1.807) is 12.1 Å². The van der Waals surface area contributed by atoms with Gasteiger partial charge in [0, 0.05) is 11.6 Å². The van der Waals surface area contributed by atoms with Crippen LogP contribution < -0.4 is 0 Å². The number of fused-ring (bicyclic) bond motifs is 1. The van der Waals surface area contributed by atoms with E-state index in [0.29, 0.717) is 10.5 Å². The normalized spacial score (nSPS) is 14.2.